The average molecular weight is 383 g/mol. The zero-order valence-electron chi connectivity index (χ0n) is 15.2. The van der Waals surface area contributed by atoms with E-state index in [1.807, 2.05) is 37.3 Å². The number of hydrogen-bond donors (Lipinski definition) is 1. The number of nitrogens with zero attached hydrogens (tertiary/aromatic N) is 5. The molecular formula is C19H19ClN6O. The smallest absolute Gasteiger partial charge is 0.256 e. The quantitative estimate of drug-likeness (QED) is 0.515. The van der Waals surface area contributed by atoms with E-state index in [9.17, 15) is 4.79 Å². The van der Waals surface area contributed by atoms with Crippen LogP contribution in [0.2, 0.25) is 5.02 Å². The number of amides is 1. The van der Waals surface area contributed by atoms with Gasteiger partial charge in [-0.15, -0.1) is 5.11 Å². The van der Waals surface area contributed by atoms with Gasteiger partial charge in [-0.25, -0.2) is 4.68 Å². The second-order valence-corrected chi connectivity index (χ2v) is 6.46. The summed E-state index contributed by atoms with van der Waals surface area (Å²) in [5.41, 5.74) is 2.41. The van der Waals surface area contributed by atoms with Crippen LogP contribution in [-0.4, -0.2) is 34.8 Å². The molecule has 0 atom stereocenters. The Morgan fingerprint density at radius 1 is 1.11 bits per heavy atom. The molecule has 0 saturated carbocycles. The Morgan fingerprint density at radius 3 is 2.41 bits per heavy atom. The lowest BCUT2D eigenvalue weighted by molar-refractivity contribution is 0.102. The van der Waals surface area contributed by atoms with Crippen molar-refractivity contribution in [3.8, 4) is 5.69 Å². The predicted molar refractivity (Wildman–Crippen MR) is 106 cm³/mol. The lowest BCUT2D eigenvalue weighted by Crippen LogP contribution is -2.15. The van der Waals surface area contributed by atoms with Gasteiger partial charge in [-0.3, -0.25) is 9.80 Å². The monoisotopic (exact) mass is 382 g/mol. The number of aromatic nitrogens is 2. The van der Waals surface area contributed by atoms with Gasteiger partial charge in [0.05, 0.1) is 11.4 Å². The average Bonchev–Trinajstić information content (AvgIpc) is 2.96. The molecule has 138 valence electrons. The second-order valence-electron chi connectivity index (χ2n) is 6.03. The summed E-state index contributed by atoms with van der Waals surface area (Å²) in [7, 11) is 3.54. The fourth-order valence-electron chi connectivity index (χ4n) is 2.42. The van der Waals surface area contributed by atoms with E-state index in [-0.39, 0.29) is 5.91 Å². The molecule has 3 rings (SSSR count). The summed E-state index contributed by atoms with van der Waals surface area (Å²) in [6, 6.07) is 16.1. The van der Waals surface area contributed by atoms with Gasteiger partial charge in [0, 0.05) is 24.7 Å². The van der Waals surface area contributed by atoms with Crippen LogP contribution in [0.25, 0.3) is 5.69 Å². The summed E-state index contributed by atoms with van der Waals surface area (Å²) < 4.78 is 1.62. The van der Waals surface area contributed by atoms with Crippen LogP contribution in [0.15, 0.2) is 64.9 Å². The number of nitrogens with one attached hydrogen (secondary N) is 1. The molecule has 3 aromatic rings. The van der Waals surface area contributed by atoms with E-state index < -0.39 is 0 Å². The van der Waals surface area contributed by atoms with Crippen molar-refractivity contribution in [1.29, 1.82) is 0 Å². The number of carbonyl (C=O) groups is 1. The van der Waals surface area contributed by atoms with Crippen molar-refractivity contribution < 1.29 is 4.79 Å². The van der Waals surface area contributed by atoms with E-state index in [1.165, 1.54) is 0 Å². The second kappa shape index (κ2) is 8.01. The Balaban J connectivity index is 2.07. The molecule has 0 aliphatic carbocycles. The third kappa shape index (κ3) is 4.32. The lowest BCUT2D eigenvalue weighted by Gasteiger charge is -2.10. The zero-order valence-corrected chi connectivity index (χ0v) is 16.0. The number of halogens is 1. The van der Waals surface area contributed by atoms with Crippen molar-refractivity contribution >= 4 is 29.0 Å². The van der Waals surface area contributed by atoms with Gasteiger partial charge in [0.1, 0.15) is 0 Å². The molecule has 0 unspecified atom stereocenters. The molecule has 0 aliphatic heterocycles. The van der Waals surface area contributed by atoms with Gasteiger partial charge in [-0.05, 0) is 43.3 Å². The number of carbonyl (C=O) groups excluding carboxylic acids is 1. The van der Waals surface area contributed by atoms with E-state index in [2.05, 4.69) is 20.8 Å². The molecule has 8 heteroatoms. The van der Waals surface area contributed by atoms with Crippen LogP contribution < -0.4 is 5.32 Å². The van der Waals surface area contributed by atoms with E-state index >= 15 is 0 Å². The topological polar surface area (TPSA) is 74.9 Å². The Kier molecular flexibility index (Phi) is 5.52. The number of hydrogen-bond acceptors (Lipinski definition) is 4. The molecule has 0 spiro atoms. The molecule has 0 radical (unpaired) electrons. The fraction of sp³-hybridized carbons (Fsp3) is 0.158. The van der Waals surface area contributed by atoms with Gasteiger partial charge < -0.3 is 5.32 Å². The van der Waals surface area contributed by atoms with Gasteiger partial charge in [-0.1, -0.05) is 35.0 Å². The molecule has 7 nitrogen and oxygen atoms in total. The third-order valence-corrected chi connectivity index (χ3v) is 3.94. The largest absolute Gasteiger partial charge is 0.305 e. The van der Waals surface area contributed by atoms with Crippen molar-refractivity contribution in [2.45, 2.75) is 6.92 Å². The van der Waals surface area contributed by atoms with Crippen molar-refractivity contribution in [3.63, 3.8) is 0 Å². The van der Waals surface area contributed by atoms with Gasteiger partial charge >= 0.3 is 0 Å². The molecular weight excluding hydrogens is 364 g/mol. The molecule has 2 aromatic carbocycles. The summed E-state index contributed by atoms with van der Waals surface area (Å²) in [6.45, 7) is 1.81. The molecule has 1 aromatic heterocycles. The summed E-state index contributed by atoms with van der Waals surface area (Å²) in [5.74, 6) is 0.182. The molecule has 0 bridgehead atoms. The van der Waals surface area contributed by atoms with Crippen molar-refractivity contribution in [3.05, 3.63) is 70.9 Å². The van der Waals surface area contributed by atoms with Gasteiger partial charge in [0.15, 0.2) is 11.5 Å². The van der Waals surface area contributed by atoms with Crippen LogP contribution in [-0.2, 0) is 0 Å². The highest BCUT2D eigenvalue weighted by Crippen LogP contribution is 2.32. The first-order valence-corrected chi connectivity index (χ1v) is 8.64. The first kappa shape index (κ1) is 18.6. The maximum Gasteiger partial charge on any atom is 0.256 e. The van der Waals surface area contributed by atoms with E-state index in [0.29, 0.717) is 27.8 Å². The standard InChI is InChI=1S/C19H19ClN6O/c1-13-17(22-24-25(2)3)18(21-19(27)14-7-5-4-6-8-14)26(23-13)16-11-9-15(20)10-12-16/h4-12H,1-3H3,(H,21,27). The molecule has 0 aliphatic rings. The Labute approximate surface area is 162 Å². The van der Waals surface area contributed by atoms with Gasteiger partial charge in [0.25, 0.3) is 5.91 Å². The lowest BCUT2D eigenvalue weighted by atomic mass is 10.2. The fourth-order valence-corrected chi connectivity index (χ4v) is 2.55. The molecule has 0 saturated heterocycles. The highest BCUT2D eigenvalue weighted by molar-refractivity contribution is 6.30. The number of rotatable bonds is 5. The van der Waals surface area contributed by atoms with Gasteiger partial charge in [0.2, 0.25) is 0 Å². The maximum atomic E-state index is 12.7. The number of anilines is 1. The number of aryl methyl sites for hydroxylation is 1. The van der Waals surface area contributed by atoms with E-state index in [0.717, 1.165) is 5.69 Å². The van der Waals surface area contributed by atoms with Crippen LogP contribution in [0.1, 0.15) is 16.1 Å². The highest BCUT2D eigenvalue weighted by atomic mass is 35.5. The van der Waals surface area contributed by atoms with Crippen molar-refractivity contribution in [1.82, 2.24) is 14.8 Å². The summed E-state index contributed by atoms with van der Waals surface area (Å²) in [5, 5.41) is 17.9. The predicted octanol–water partition coefficient (Wildman–Crippen LogP) is 4.65. The minimum atomic E-state index is -0.257. The Hall–Kier alpha value is -3.19. The summed E-state index contributed by atoms with van der Waals surface area (Å²) in [6.07, 6.45) is 0. The molecule has 0 fully saturated rings. The van der Waals surface area contributed by atoms with Crippen LogP contribution in [0.4, 0.5) is 11.5 Å². The molecule has 1 heterocycles. The van der Waals surface area contributed by atoms with Crippen LogP contribution in [0.3, 0.4) is 0 Å². The van der Waals surface area contributed by atoms with Crippen LogP contribution >= 0.6 is 11.6 Å². The Bertz CT molecular complexity index is 964. The zero-order chi connectivity index (χ0) is 19.4. The van der Waals surface area contributed by atoms with Crippen molar-refractivity contribution in [2.24, 2.45) is 10.3 Å². The molecule has 1 amide bonds. The highest BCUT2D eigenvalue weighted by Gasteiger charge is 2.19. The SMILES string of the molecule is Cc1nn(-c2ccc(Cl)cc2)c(NC(=O)c2ccccc2)c1N=NN(C)C. The first-order chi connectivity index (χ1) is 13.0. The summed E-state index contributed by atoms with van der Waals surface area (Å²) >= 11 is 5.99. The minimum absolute atomic E-state index is 0.257. The van der Waals surface area contributed by atoms with Crippen LogP contribution in [0, 0.1) is 6.92 Å². The minimum Gasteiger partial charge on any atom is -0.305 e. The van der Waals surface area contributed by atoms with Crippen LogP contribution in [0.5, 0.6) is 0 Å². The molecule has 1 N–H and O–H groups in total. The molecule has 27 heavy (non-hydrogen) atoms. The van der Waals surface area contributed by atoms with E-state index in [1.54, 1.807) is 48.1 Å². The van der Waals surface area contributed by atoms with E-state index in [4.69, 9.17) is 11.6 Å². The van der Waals surface area contributed by atoms with Crippen molar-refractivity contribution in [2.75, 3.05) is 19.4 Å². The number of benzene rings is 2. The Morgan fingerprint density at radius 2 is 1.78 bits per heavy atom. The van der Waals surface area contributed by atoms with Gasteiger partial charge in [-0.2, -0.15) is 5.10 Å². The maximum absolute atomic E-state index is 12.7. The summed E-state index contributed by atoms with van der Waals surface area (Å²) in [4.78, 5) is 12.7. The normalized spacial score (nSPS) is 11.0. The third-order valence-electron chi connectivity index (χ3n) is 3.69. The first-order valence-electron chi connectivity index (χ1n) is 8.26.